The largest absolute Gasteiger partial charge is 0.326 e. The fourth-order valence-corrected chi connectivity index (χ4v) is 3.73. The summed E-state index contributed by atoms with van der Waals surface area (Å²) in [4.78, 5) is 47.5. The van der Waals surface area contributed by atoms with Gasteiger partial charge in [-0.1, -0.05) is 36.4 Å². The second-order valence-electron chi connectivity index (χ2n) is 7.43. The smallest absolute Gasteiger partial charge is 0.261 e. The maximum Gasteiger partial charge on any atom is 0.261 e. The van der Waals surface area contributed by atoms with Crippen LogP contribution >= 0.6 is 0 Å². The molecule has 1 aliphatic heterocycles. The number of carbonyl (C=O) groups is 3. The molecule has 0 radical (unpaired) electrons. The number of para-hydroxylation sites is 2. The van der Waals surface area contributed by atoms with Gasteiger partial charge in [0.25, 0.3) is 11.8 Å². The number of carbonyl (C=O) groups excluding carboxylic acids is 3. The van der Waals surface area contributed by atoms with Crippen LogP contribution in [-0.4, -0.2) is 39.1 Å². The third kappa shape index (κ3) is 3.60. The topological polar surface area (TPSA) is 92.3 Å². The summed E-state index contributed by atoms with van der Waals surface area (Å²) in [7, 11) is 0. The van der Waals surface area contributed by atoms with Crippen LogP contribution in [0.25, 0.3) is 22.3 Å². The Balaban J connectivity index is 1.26. The quantitative estimate of drug-likeness (QED) is 0.492. The molecule has 0 spiro atoms. The number of hydrogen-bond acceptors (Lipinski definition) is 5. The van der Waals surface area contributed by atoms with Crippen molar-refractivity contribution in [2.24, 2.45) is 0 Å². The van der Waals surface area contributed by atoms with Gasteiger partial charge in [0.15, 0.2) is 0 Å². The molecule has 4 aromatic rings. The number of imide groups is 1. The van der Waals surface area contributed by atoms with Crippen LogP contribution in [0.2, 0.25) is 0 Å². The van der Waals surface area contributed by atoms with Gasteiger partial charge in [0, 0.05) is 24.2 Å². The van der Waals surface area contributed by atoms with Crippen LogP contribution in [0, 0.1) is 0 Å². The zero-order valence-electron chi connectivity index (χ0n) is 17.0. The predicted octanol–water partition coefficient (Wildman–Crippen LogP) is 3.92. The van der Waals surface area contributed by atoms with Crippen molar-refractivity contribution in [3.63, 3.8) is 0 Å². The average Bonchev–Trinajstić information content (AvgIpc) is 3.07. The van der Waals surface area contributed by atoms with Crippen molar-refractivity contribution in [3.05, 3.63) is 90.1 Å². The minimum Gasteiger partial charge on any atom is -0.326 e. The molecule has 3 amide bonds. The van der Waals surface area contributed by atoms with Gasteiger partial charge in [-0.2, -0.15) is 0 Å². The number of hydrogen-bond donors (Lipinski definition) is 1. The summed E-state index contributed by atoms with van der Waals surface area (Å²) in [5.74, 6) is -1.02. The second kappa shape index (κ2) is 8.03. The van der Waals surface area contributed by atoms with Gasteiger partial charge in [-0.15, -0.1) is 0 Å². The maximum atomic E-state index is 12.5. The molecule has 3 aromatic carbocycles. The molecule has 1 N–H and O–H groups in total. The van der Waals surface area contributed by atoms with Crippen LogP contribution in [-0.2, 0) is 4.79 Å². The first-order chi connectivity index (χ1) is 15.6. The van der Waals surface area contributed by atoms with Crippen molar-refractivity contribution in [2.45, 2.75) is 6.42 Å². The van der Waals surface area contributed by atoms with E-state index in [1.165, 1.54) is 0 Å². The molecule has 5 rings (SSSR count). The number of amides is 3. The van der Waals surface area contributed by atoms with E-state index in [2.05, 4.69) is 15.3 Å². The summed E-state index contributed by atoms with van der Waals surface area (Å²) in [5, 5.41) is 2.83. The Bertz CT molecular complexity index is 1350. The molecule has 0 saturated heterocycles. The molecule has 0 saturated carbocycles. The number of nitrogens with one attached hydrogen (secondary N) is 1. The Morgan fingerprint density at radius 1 is 0.844 bits per heavy atom. The summed E-state index contributed by atoms with van der Waals surface area (Å²) in [5.41, 5.74) is 4.48. The van der Waals surface area contributed by atoms with E-state index in [4.69, 9.17) is 0 Å². The SMILES string of the molecule is O=C(CCN1C(=O)c2ccccc2C1=O)Nc1cccc(-c2cnc3ccccc3n2)c1. The van der Waals surface area contributed by atoms with Gasteiger partial charge in [-0.3, -0.25) is 24.3 Å². The van der Waals surface area contributed by atoms with Crippen molar-refractivity contribution in [1.29, 1.82) is 0 Å². The molecule has 0 fully saturated rings. The number of fused-ring (bicyclic) bond motifs is 2. The molecule has 32 heavy (non-hydrogen) atoms. The molecule has 0 atom stereocenters. The summed E-state index contributed by atoms with van der Waals surface area (Å²) >= 11 is 0. The average molecular weight is 422 g/mol. The summed E-state index contributed by atoms with van der Waals surface area (Å²) in [6.07, 6.45) is 1.71. The van der Waals surface area contributed by atoms with Gasteiger partial charge < -0.3 is 5.32 Å². The van der Waals surface area contributed by atoms with Gasteiger partial charge in [0.05, 0.1) is 34.1 Å². The third-order valence-electron chi connectivity index (χ3n) is 5.33. The van der Waals surface area contributed by atoms with Crippen molar-refractivity contribution in [1.82, 2.24) is 14.9 Å². The number of nitrogens with zero attached hydrogens (tertiary/aromatic N) is 3. The zero-order valence-corrected chi connectivity index (χ0v) is 17.0. The molecule has 1 aromatic heterocycles. The Labute approximate surface area is 183 Å². The van der Waals surface area contributed by atoms with Crippen LogP contribution in [0.5, 0.6) is 0 Å². The standard InChI is InChI=1S/C25H18N4O3/c30-23(12-13-29-24(31)18-8-1-2-9-19(18)25(29)32)27-17-7-5-6-16(14-17)22-15-26-20-10-3-4-11-21(20)28-22/h1-11,14-15H,12-13H2,(H,27,30). The molecular weight excluding hydrogens is 404 g/mol. The van der Waals surface area contributed by atoms with Crippen LogP contribution in [0.15, 0.2) is 79.0 Å². The summed E-state index contributed by atoms with van der Waals surface area (Å²) < 4.78 is 0. The van der Waals surface area contributed by atoms with Gasteiger partial charge in [-0.25, -0.2) is 4.98 Å². The monoisotopic (exact) mass is 422 g/mol. The number of rotatable bonds is 5. The molecule has 2 heterocycles. The predicted molar refractivity (Wildman–Crippen MR) is 120 cm³/mol. The molecule has 7 nitrogen and oxygen atoms in total. The van der Waals surface area contributed by atoms with E-state index in [1.807, 2.05) is 42.5 Å². The first-order valence-corrected chi connectivity index (χ1v) is 10.2. The van der Waals surface area contributed by atoms with E-state index < -0.39 is 0 Å². The lowest BCUT2D eigenvalue weighted by Gasteiger charge is -2.13. The Morgan fingerprint density at radius 2 is 1.53 bits per heavy atom. The van der Waals surface area contributed by atoms with Crippen molar-refractivity contribution in [2.75, 3.05) is 11.9 Å². The van der Waals surface area contributed by atoms with Crippen molar-refractivity contribution < 1.29 is 14.4 Å². The van der Waals surface area contributed by atoms with Crippen LogP contribution in [0.4, 0.5) is 5.69 Å². The summed E-state index contributed by atoms with van der Waals surface area (Å²) in [6, 6.07) is 21.6. The van der Waals surface area contributed by atoms with Gasteiger partial charge in [0.1, 0.15) is 0 Å². The fourth-order valence-electron chi connectivity index (χ4n) is 3.73. The van der Waals surface area contributed by atoms with E-state index in [0.29, 0.717) is 22.5 Å². The van der Waals surface area contributed by atoms with E-state index in [0.717, 1.165) is 21.5 Å². The molecule has 0 bridgehead atoms. The first-order valence-electron chi connectivity index (χ1n) is 10.2. The minimum atomic E-state index is -0.365. The third-order valence-corrected chi connectivity index (χ3v) is 5.33. The molecule has 156 valence electrons. The van der Waals surface area contributed by atoms with E-state index >= 15 is 0 Å². The Kier molecular flexibility index (Phi) is 4.91. The van der Waals surface area contributed by atoms with Crippen molar-refractivity contribution >= 4 is 34.4 Å². The highest BCUT2D eigenvalue weighted by Gasteiger charge is 2.34. The molecule has 0 aliphatic carbocycles. The molecular formula is C25H18N4O3. The lowest BCUT2D eigenvalue weighted by Crippen LogP contribution is -2.32. The van der Waals surface area contributed by atoms with E-state index in [-0.39, 0.29) is 30.7 Å². The molecule has 0 unspecified atom stereocenters. The van der Waals surface area contributed by atoms with Crippen LogP contribution < -0.4 is 5.32 Å². The molecule has 1 aliphatic rings. The highest BCUT2D eigenvalue weighted by molar-refractivity contribution is 6.21. The zero-order chi connectivity index (χ0) is 22.1. The highest BCUT2D eigenvalue weighted by atomic mass is 16.2. The normalized spacial score (nSPS) is 12.8. The highest BCUT2D eigenvalue weighted by Crippen LogP contribution is 2.24. The maximum absolute atomic E-state index is 12.5. The summed E-state index contributed by atoms with van der Waals surface area (Å²) in [6.45, 7) is 0.0218. The lowest BCUT2D eigenvalue weighted by atomic mass is 10.1. The second-order valence-corrected chi connectivity index (χ2v) is 7.43. The van der Waals surface area contributed by atoms with E-state index in [9.17, 15) is 14.4 Å². The van der Waals surface area contributed by atoms with Gasteiger partial charge in [-0.05, 0) is 36.4 Å². The molecule has 7 heteroatoms. The minimum absolute atomic E-state index is 0.00543. The fraction of sp³-hybridized carbons (Fsp3) is 0.0800. The van der Waals surface area contributed by atoms with Crippen LogP contribution in [0.1, 0.15) is 27.1 Å². The van der Waals surface area contributed by atoms with Crippen molar-refractivity contribution in [3.8, 4) is 11.3 Å². The Hall–Kier alpha value is -4.39. The van der Waals surface area contributed by atoms with Gasteiger partial charge >= 0.3 is 0 Å². The Morgan fingerprint density at radius 3 is 2.28 bits per heavy atom. The van der Waals surface area contributed by atoms with Gasteiger partial charge in [0.2, 0.25) is 5.91 Å². The first kappa shape index (κ1) is 19.6. The van der Waals surface area contributed by atoms with Crippen LogP contribution in [0.3, 0.4) is 0 Å². The number of benzene rings is 3. The van der Waals surface area contributed by atoms with E-state index in [1.54, 1.807) is 36.5 Å². The number of anilines is 1. The lowest BCUT2D eigenvalue weighted by molar-refractivity contribution is -0.116. The number of aromatic nitrogens is 2.